The number of aromatic nitrogens is 3. The van der Waals surface area contributed by atoms with Crippen molar-refractivity contribution < 1.29 is 14.6 Å². The summed E-state index contributed by atoms with van der Waals surface area (Å²) in [5.74, 6) is 1.33. The maximum atomic E-state index is 10.6. The number of ether oxygens (including phenoxy) is 1. The SMILES string of the molecule is O=C(O)COc1ccc(/C=N/Nc2nc(N3CCCCC3)nc(N3CCCCC3)n2)cc1. The zero-order valence-corrected chi connectivity index (χ0v) is 18.1. The van der Waals surface area contributed by atoms with E-state index in [1.807, 2.05) is 0 Å². The molecule has 0 amide bonds. The second-order valence-corrected chi connectivity index (χ2v) is 7.98. The van der Waals surface area contributed by atoms with Crippen molar-refractivity contribution in [1.82, 2.24) is 15.0 Å². The summed E-state index contributed by atoms with van der Waals surface area (Å²) in [7, 11) is 0. The van der Waals surface area contributed by atoms with Gasteiger partial charge in [-0.1, -0.05) is 0 Å². The molecule has 2 aromatic rings. The van der Waals surface area contributed by atoms with E-state index >= 15 is 0 Å². The van der Waals surface area contributed by atoms with E-state index < -0.39 is 5.97 Å². The van der Waals surface area contributed by atoms with Crippen LogP contribution in [0, 0.1) is 0 Å². The van der Waals surface area contributed by atoms with Crippen LogP contribution in [0.25, 0.3) is 0 Å². The van der Waals surface area contributed by atoms with Gasteiger partial charge in [0.1, 0.15) is 5.75 Å². The fourth-order valence-electron chi connectivity index (χ4n) is 3.83. The maximum absolute atomic E-state index is 10.6. The van der Waals surface area contributed by atoms with Crippen LogP contribution in [0.1, 0.15) is 44.1 Å². The molecule has 1 aromatic carbocycles. The first-order valence-corrected chi connectivity index (χ1v) is 11.2. The summed E-state index contributed by atoms with van der Waals surface area (Å²) in [6.07, 6.45) is 8.75. The lowest BCUT2D eigenvalue weighted by atomic mass is 10.1. The van der Waals surface area contributed by atoms with Crippen LogP contribution in [0.5, 0.6) is 5.75 Å². The molecule has 0 unspecified atom stereocenters. The predicted molar refractivity (Wildman–Crippen MR) is 123 cm³/mol. The zero-order valence-electron chi connectivity index (χ0n) is 18.1. The first kappa shape index (κ1) is 21.8. The van der Waals surface area contributed by atoms with Gasteiger partial charge in [0.2, 0.25) is 17.8 Å². The van der Waals surface area contributed by atoms with Crippen molar-refractivity contribution in [3.8, 4) is 5.75 Å². The predicted octanol–water partition coefficient (Wildman–Crippen LogP) is 2.76. The van der Waals surface area contributed by atoms with Crippen molar-refractivity contribution >= 4 is 30.0 Å². The third-order valence-electron chi connectivity index (χ3n) is 5.51. The molecule has 2 aliphatic heterocycles. The zero-order chi connectivity index (χ0) is 22.2. The normalized spacial score (nSPS) is 16.9. The number of hydrogen-bond donors (Lipinski definition) is 2. The molecule has 1 aromatic heterocycles. The highest BCUT2D eigenvalue weighted by molar-refractivity contribution is 5.80. The monoisotopic (exact) mass is 439 g/mol. The lowest BCUT2D eigenvalue weighted by molar-refractivity contribution is -0.139. The standard InChI is InChI=1S/C22H29N7O3/c30-19(31)16-32-18-9-7-17(8-10-18)15-23-27-20-24-21(28-11-3-1-4-12-28)26-22(25-20)29-13-5-2-6-14-29/h7-10,15H,1-6,11-14,16H2,(H,30,31)(H,24,25,26,27)/b23-15+. The molecular weight excluding hydrogens is 410 g/mol. The van der Waals surface area contributed by atoms with Gasteiger partial charge in [-0.05, 0) is 68.4 Å². The van der Waals surface area contributed by atoms with Crippen molar-refractivity contribution in [3.05, 3.63) is 29.8 Å². The molecule has 170 valence electrons. The molecule has 0 saturated carbocycles. The number of carboxylic acids is 1. The number of carboxylic acid groups (broad SMARTS) is 1. The average molecular weight is 440 g/mol. The van der Waals surface area contributed by atoms with E-state index in [4.69, 9.17) is 14.8 Å². The van der Waals surface area contributed by atoms with Gasteiger partial charge in [0.05, 0.1) is 6.21 Å². The highest BCUT2D eigenvalue weighted by atomic mass is 16.5. The van der Waals surface area contributed by atoms with Crippen LogP contribution in [-0.2, 0) is 4.79 Å². The molecule has 2 N–H and O–H groups in total. The number of nitrogens with one attached hydrogen (secondary N) is 1. The minimum atomic E-state index is -1.01. The summed E-state index contributed by atoms with van der Waals surface area (Å²) in [6, 6.07) is 7.01. The van der Waals surface area contributed by atoms with Gasteiger partial charge >= 0.3 is 5.97 Å². The first-order valence-electron chi connectivity index (χ1n) is 11.2. The van der Waals surface area contributed by atoms with Gasteiger partial charge in [-0.3, -0.25) is 0 Å². The molecule has 0 radical (unpaired) electrons. The molecule has 2 aliphatic rings. The summed E-state index contributed by atoms with van der Waals surface area (Å²) in [5.41, 5.74) is 3.79. The van der Waals surface area contributed by atoms with Gasteiger partial charge in [0.15, 0.2) is 6.61 Å². The number of nitrogens with zero attached hydrogens (tertiary/aromatic N) is 6. The van der Waals surface area contributed by atoms with Crippen molar-refractivity contribution in [2.45, 2.75) is 38.5 Å². The van der Waals surface area contributed by atoms with E-state index in [1.54, 1.807) is 30.5 Å². The van der Waals surface area contributed by atoms with Crippen LogP contribution in [0.15, 0.2) is 29.4 Å². The van der Waals surface area contributed by atoms with Gasteiger partial charge in [-0.25, -0.2) is 10.2 Å². The van der Waals surface area contributed by atoms with Gasteiger partial charge in [0, 0.05) is 26.2 Å². The van der Waals surface area contributed by atoms with Crippen LogP contribution in [-0.4, -0.2) is 65.0 Å². The lowest BCUT2D eigenvalue weighted by Crippen LogP contribution is -2.34. The van der Waals surface area contributed by atoms with Gasteiger partial charge in [0.25, 0.3) is 0 Å². The van der Waals surface area contributed by atoms with Crippen molar-refractivity contribution in [2.24, 2.45) is 5.10 Å². The average Bonchev–Trinajstić information content (AvgIpc) is 2.84. The summed E-state index contributed by atoms with van der Waals surface area (Å²) in [6.45, 7) is 3.48. The van der Waals surface area contributed by atoms with E-state index in [-0.39, 0.29) is 6.61 Å². The molecular formula is C22H29N7O3. The Morgan fingerprint density at radius 1 is 0.938 bits per heavy atom. The maximum Gasteiger partial charge on any atom is 0.341 e. The third kappa shape index (κ3) is 6.05. The van der Waals surface area contributed by atoms with E-state index in [0.717, 1.165) is 57.4 Å². The van der Waals surface area contributed by atoms with Gasteiger partial charge in [-0.2, -0.15) is 20.1 Å². The summed E-state index contributed by atoms with van der Waals surface area (Å²) in [4.78, 5) is 29.0. The second-order valence-electron chi connectivity index (χ2n) is 7.98. The minimum Gasteiger partial charge on any atom is -0.482 e. The molecule has 0 aliphatic carbocycles. The second kappa shape index (κ2) is 10.7. The summed E-state index contributed by atoms with van der Waals surface area (Å²) >= 11 is 0. The fraction of sp³-hybridized carbons (Fsp3) is 0.500. The lowest BCUT2D eigenvalue weighted by Gasteiger charge is -2.30. The number of anilines is 3. The van der Waals surface area contributed by atoms with E-state index in [2.05, 4.69) is 30.3 Å². The number of hydrogen-bond acceptors (Lipinski definition) is 9. The quantitative estimate of drug-likeness (QED) is 0.473. The fourth-order valence-corrected chi connectivity index (χ4v) is 3.83. The Morgan fingerprint density at radius 2 is 1.50 bits per heavy atom. The Hall–Kier alpha value is -3.43. The van der Waals surface area contributed by atoms with Crippen LogP contribution in [0.2, 0.25) is 0 Å². The number of hydrazone groups is 1. The number of piperidine rings is 2. The minimum absolute atomic E-state index is 0.368. The molecule has 10 nitrogen and oxygen atoms in total. The highest BCUT2D eigenvalue weighted by Crippen LogP contribution is 2.22. The van der Waals surface area contributed by atoms with Crippen LogP contribution >= 0.6 is 0 Å². The number of rotatable bonds is 8. The number of aliphatic carboxylic acids is 1. The molecule has 10 heteroatoms. The van der Waals surface area contributed by atoms with E-state index in [0.29, 0.717) is 23.6 Å². The Kier molecular flexibility index (Phi) is 7.31. The third-order valence-corrected chi connectivity index (χ3v) is 5.51. The number of carbonyl (C=O) groups is 1. The smallest absolute Gasteiger partial charge is 0.341 e. The molecule has 0 atom stereocenters. The molecule has 2 fully saturated rings. The summed E-state index contributed by atoms with van der Waals surface area (Å²) < 4.78 is 5.14. The largest absolute Gasteiger partial charge is 0.482 e. The van der Waals surface area contributed by atoms with Crippen LogP contribution < -0.4 is 20.0 Å². The topological polar surface area (TPSA) is 116 Å². The molecule has 2 saturated heterocycles. The molecule has 0 bridgehead atoms. The van der Waals surface area contributed by atoms with Crippen molar-refractivity contribution in [1.29, 1.82) is 0 Å². The number of benzene rings is 1. The highest BCUT2D eigenvalue weighted by Gasteiger charge is 2.20. The Bertz CT molecular complexity index is 887. The van der Waals surface area contributed by atoms with Crippen LogP contribution in [0.3, 0.4) is 0 Å². The Balaban J connectivity index is 1.46. The summed E-state index contributed by atoms with van der Waals surface area (Å²) in [5, 5.41) is 13.0. The van der Waals surface area contributed by atoms with Crippen molar-refractivity contribution in [3.63, 3.8) is 0 Å². The van der Waals surface area contributed by atoms with Gasteiger partial charge in [-0.15, -0.1) is 0 Å². The Labute approximate surface area is 187 Å². The molecule has 32 heavy (non-hydrogen) atoms. The first-order chi connectivity index (χ1) is 15.7. The molecule has 0 spiro atoms. The van der Waals surface area contributed by atoms with Gasteiger partial charge < -0.3 is 19.6 Å². The van der Waals surface area contributed by atoms with Crippen molar-refractivity contribution in [2.75, 3.05) is 48.0 Å². The Morgan fingerprint density at radius 3 is 2.03 bits per heavy atom. The molecule has 3 heterocycles. The van der Waals surface area contributed by atoms with E-state index in [9.17, 15) is 4.79 Å². The van der Waals surface area contributed by atoms with Crippen LogP contribution in [0.4, 0.5) is 17.8 Å². The van der Waals surface area contributed by atoms with E-state index in [1.165, 1.54) is 12.8 Å². The molecule has 4 rings (SSSR count).